The average Bonchev–Trinajstić information content (AvgIpc) is 3.53. The molecule has 0 fully saturated rings. The Hall–Kier alpha value is -4.78. The molecule has 0 aliphatic carbocycles. The molecule has 0 spiro atoms. The Balaban J connectivity index is 1.46. The maximum atomic E-state index is 14.0. The van der Waals surface area contributed by atoms with Gasteiger partial charge in [0.15, 0.2) is 0 Å². The zero-order valence-corrected chi connectivity index (χ0v) is 22.3. The highest BCUT2D eigenvalue weighted by Crippen LogP contribution is 2.38. The number of nitrogens with one attached hydrogen (secondary N) is 1. The SMILES string of the molecule is COc1ccc(C2c3cccn3-c3c(c(C)nn3-c3ccccc3)CN2C(=O)NCc2ccc(C)cc2)cc1. The zero-order chi connectivity index (χ0) is 26.9. The van der Waals surface area contributed by atoms with Crippen LogP contribution in [0.2, 0.25) is 0 Å². The summed E-state index contributed by atoms with van der Waals surface area (Å²) >= 11 is 0. The average molecular weight is 518 g/mol. The first-order chi connectivity index (χ1) is 19.0. The van der Waals surface area contributed by atoms with Crippen LogP contribution in [0.5, 0.6) is 5.75 Å². The van der Waals surface area contributed by atoms with Gasteiger partial charge in [-0.05, 0) is 61.4 Å². The number of nitrogens with zero attached hydrogens (tertiary/aromatic N) is 4. The lowest BCUT2D eigenvalue weighted by atomic mass is 10.0. The highest BCUT2D eigenvalue weighted by atomic mass is 16.5. The summed E-state index contributed by atoms with van der Waals surface area (Å²) in [5.74, 6) is 1.73. The van der Waals surface area contributed by atoms with Crippen LogP contribution in [0.25, 0.3) is 11.5 Å². The third-order valence-electron chi connectivity index (χ3n) is 7.34. The van der Waals surface area contributed by atoms with Gasteiger partial charge in [-0.15, -0.1) is 0 Å². The predicted molar refractivity (Wildman–Crippen MR) is 151 cm³/mol. The summed E-state index contributed by atoms with van der Waals surface area (Å²) in [6, 6.07) is 30.0. The molecule has 3 heterocycles. The molecule has 3 aromatic carbocycles. The van der Waals surface area contributed by atoms with E-state index in [0.29, 0.717) is 13.1 Å². The molecule has 7 heteroatoms. The number of para-hydroxylation sites is 1. The van der Waals surface area contributed by atoms with Crippen LogP contribution in [0, 0.1) is 13.8 Å². The van der Waals surface area contributed by atoms with Gasteiger partial charge in [-0.1, -0.05) is 60.2 Å². The molecular formula is C32H31N5O2. The number of urea groups is 1. The van der Waals surface area contributed by atoms with Crippen molar-refractivity contribution in [1.29, 1.82) is 0 Å². The fourth-order valence-corrected chi connectivity index (χ4v) is 5.27. The number of hydrogen-bond acceptors (Lipinski definition) is 3. The summed E-state index contributed by atoms with van der Waals surface area (Å²) in [6.45, 7) is 4.93. The Morgan fingerprint density at radius 1 is 0.949 bits per heavy atom. The molecule has 196 valence electrons. The molecule has 0 radical (unpaired) electrons. The summed E-state index contributed by atoms with van der Waals surface area (Å²) in [5, 5.41) is 8.10. The normalized spacial score (nSPS) is 14.3. The van der Waals surface area contributed by atoms with Crippen molar-refractivity contribution in [3.05, 3.63) is 131 Å². The van der Waals surface area contributed by atoms with Crippen LogP contribution in [-0.2, 0) is 13.1 Å². The maximum absolute atomic E-state index is 14.0. The smallest absolute Gasteiger partial charge is 0.318 e. The lowest BCUT2D eigenvalue weighted by Gasteiger charge is -2.31. The highest BCUT2D eigenvalue weighted by Gasteiger charge is 2.35. The van der Waals surface area contributed by atoms with Crippen LogP contribution in [-0.4, -0.2) is 32.4 Å². The minimum atomic E-state index is -0.319. The van der Waals surface area contributed by atoms with Gasteiger partial charge >= 0.3 is 6.03 Å². The van der Waals surface area contributed by atoms with Gasteiger partial charge in [0.25, 0.3) is 0 Å². The van der Waals surface area contributed by atoms with E-state index >= 15 is 0 Å². The summed E-state index contributed by atoms with van der Waals surface area (Å²) in [7, 11) is 1.66. The van der Waals surface area contributed by atoms with E-state index in [0.717, 1.165) is 45.3 Å². The van der Waals surface area contributed by atoms with E-state index in [2.05, 4.69) is 53.3 Å². The van der Waals surface area contributed by atoms with Crippen LogP contribution in [0.3, 0.4) is 0 Å². The van der Waals surface area contributed by atoms with E-state index in [1.807, 2.05) is 77.2 Å². The molecular weight excluding hydrogens is 486 g/mol. The lowest BCUT2D eigenvalue weighted by Crippen LogP contribution is -2.41. The second-order valence-corrected chi connectivity index (χ2v) is 9.89. The third kappa shape index (κ3) is 4.56. The monoisotopic (exact) mass is 517 g/mol. The van der Waals surface area contributed by atoms with E-state index in [9.17, 15) is 4.79 Å². The van der Waals surface area contributed by atoms with E-state index < -0.39 is 0 Å². The molecule has 1 unspecified atom stereocenters. The number of amides is 2. The quantitative estimate of drug-likeness (QED) is 0.306. The van der Waals surface area contributed by atoms with E-state index in [1.54, 1.807) is 7.11 Å². The van der Waals surface area contributed by atoms with Gasteiger partial charge in [0.1, 0.15) is 11.6 Å². The minimum absolute atomic E-state index is 0.135. The summed E-state index contributed by atoms with van der Waals surface area (Å²) in [4.78, 5) is 15.9. The molecule has 1 aliphatic heterocycles. The first kappa shape index (κ1) is 24.6. The van der Waals surface area contributed by atoms with Crippen molar-refractivity contribution < 1.29 is 9.53 Å². The number of fused-ring (bicyclic) bond motifs is 3. The number of benzene rings is 3. The van der Waals surface area contributed by atoms with E-state index in [1.165, 1.54) is 5.56 Å². The van der Waals surface area contributed by atoms with Crippen LogP contribution in [0.15, 0.2) is 97.2 Å². The molecule has 0 bridgehead atoms. The fourth-order valence-electron chi connectivity index (χ4n) is 5.27. The summed E-state index contributed by atoms with van der Waals surface area (Å²) in [5.41, 5.74) is 7.11. The summed E-state index contributed by atoms with van der Waals surface area (Å²) < 4.78 is 9.57. The molecule has 39 heavy (non-hydrogen) atoms. The Morgan fingerprint density at radius 3 is 2.41 bits per heavy atom. The number of carbonyl (C=O) groups excluding carboxylic acids is 1. The second-order valence-electron chi connectivity index (χ2n) is 9.89. The number of aryl methyl sites for hydroxylation is 2. The molecule has 0 saturated heterocycles. The van der Waals surface area contributed by atoms with Gasteiger partial charge in [0.2, 0.25) is 0 Å². The number of carbonyl (C=O) groups is 1. The Labute approximate surface area is 228 Å². The Kier molecular flexibility index (Phi) is 6.40. The molecule has 1 N–H and O–H groups in total. The molecule has 2 amide bonds. The number of hydrogen-bond donors (Lipinski definition) is 1. The van der Waals surface area contributed by atoms with Gasteiger partial charge < -0.3 is 19.5 Å². The minimum Gasteiger partial charge on any atom is -0.497 e. The van der Waals surface area contributed by atoms with Crippen molar-refractivity contribution in [2.75, 3.05) is 7.11 Å². The molecule has 0 saturated carbocycles. The zero-order valence-electron chi connectivity index (χ0n) is 22.3. The van der Waals surface area contributed by atoms with Crippen molar-refractivity contribution in [3.8, 4) is 17.3 Å². The van der Waals surface area contributed by atoms with Crippen LogP contribution >= 0.6 is 0 Å². The summed E-state index contributed by atoms with van der Waals surface area (Å²) in [6.07, 6.45) is 2.05. The van der Waals surface area contributed by atoms with Gasteiger partial charge in [-0.25, -0.2) is 9.48 Å². The maximum Gasteiger partial charge on any atom is 0.318 e. The molecule has 7 nitrogen and oxygen atoms in total. The molecule has 6 rings (SSSR count). The third-order valence-corrected chi connectivity index (χ3v) is 7.34. The lowest BCUT2D eigenvalue weighted by molar-refractivity contribution is 0.180. The number of methoxy groups -OCH3 is 1. The number of ether oxygens (including phenoxy) is 1. The number of aromatic nitrogens is 3. The van der Waals surface area contributed by atoms with Crippen molar-refractivity contribution in [2.45, 2.75) is 33.0 Å². The van der Waals surface area contributed by atoms with Crippen molar-refractivity contribution in [2.24, 2.45) is 0 Å². The largest absolute Gasteiger partial charge is 0.497 e. The van der Waals surface area contributed by atoms with Gasteiger partial charge in [0.05, 0.1) is 36.8 Å². The Morgan fingerprint density at radius 2 is 1.69 bits per heavy atom. The van der Waals surface area contributed by atoms with Crippen LogP contribution in [0.1, 0.15) is 39.7 Å². The fraction of sp³-hybridized carbons (Fsp3) is 0.188. The van der Waals surface area contributed by atoms with Gasteiger partial charge in [-0.3, -0.25) is 0 Å². The molecule has 2 aromatic heterocycles. The van der Waals surface area contributed by atoms with Gasteiger partial charge in [-0.2, -0.15) is 5.10 Å². The van der Waals surface area contributed by atoms with Crippen molar-refractivity contribution in [3.63, 3.8) is 0 Å². The van der Waals surface area contributed by atoms with E-state index in [-0.39, 0.29) is 12.1 Å². The second kappa shape index (κ2) is 10.2. The van der Waals surface area contributed by atoms with Crippen LogP contribution < -0.4 is 10.1 Å². The van der Waals surface area contributed by atoms with Crippen molar-refractivity contribution >= 4 is 6.03 Å². The topological polar surface area (TPSA) is 64.3 Å². The molecule has 5 aromatic rings. The van der Waals surface area contributed by atoms with E-state index in [4.69, 9.17) is 9.84 Å². The van der Waals surface area contributed by atoms with Gasteiger partial charge in [0, 0.05) is 18.3 Å². The molecule has 1 aliphatic rings. The first-order valence-electron chi connectivity index (χ1n) is 13.1. The highest BCUT2D eigenvalue weighted by molar-refractivity contribution is 5.76. The first-order valence-corrected chi connectivity index (χ1v) is 13.1. The number of rotatable bonds is 5. The molecule has 1 atom stereocenters. The van der Waals surface area contributed by atoms with Crippen LogP contribution in [0.4, 0.5) is 4.79 Å². The Bertz CT molecular complexity index is 1600. The predicted octanol–water partition coefficient (Wildman–Crippen LogP) is 6.10. The standard InChI is InChI=1S/C32H31N5O2/c1-22-11-13-24(14-12-22)20-33-32(38)36-21-28-23(2)34-37(26-8-5-4-6-9-26)31(28)35-19-7-10-29(35)30(36)25-15-17-27(39-3)18-16-25/h4-19,30H,20-21H2,1-3H3,(H,33,38). The van der Waals surface area contributed by atoms with Crippen molar-refractivity contribution in [1.82, 2.24) is 24.6 Å².